The number of nitrogens with one attached hydrogen (secondary N) is 2. The minimum absolute atomic E-state index is 0.0778. The lowest BCUT2D eigenvalue weighted by Crippen LogP contribution is -2.43. The van der Waals surface area contributed by atoms with Gasteiger partial charge >= 0.3 is 6.18 Å². The molecule has 0 aliphatic heterocycles. The molecule has 0 fully saturated rings. The first-order valence-corrected chi connectivity index (χ1v) is 10.8. The van der Waals surface area contributed by atoms with Crippen molar-refractivity contribution >= 4 is 22.9 Å². The fourth-order valence-corrected chi connectivity index (χ4v) is 3.63. The molecule has 10 heteroatoms. The average molecular weight is 458 g/mol. The van der Waals surface area contributed by atoms with Crippen LogP contribution in [0.1, 0.15) is 54.4 Å². The number of rotatable bonds is 6. The lowest BCUT2D eigenvalue weighted by atomic mass is 9.91. The molecule has 174 valence electrons. The maximum atomic E-state index is 12.9. The minimum atomic E-state index is -4.52. The molecule has 3 heterocycles. The number of hydrogen-bond acceptors (Lipinski definition) is 5. The van der Waals surface area contributed by atoms with E-state index < -0.39 is 18.1 Å². The van der Waals surface area contributed by atoms with Gasteiger partial charge in [-0.05, 0) is 49.0 Å². The highest BCUT2D eigenvalue weighted by Crippen LogP contribution is 2.32. The van der Waals surface area contributed by atoms with E-state index >= 15 is 0 Å². The fourth-order valence-electron chi connectivity index (χ4n) is 3.63. The summed E-state index contributed by atoms with van der Waals surface area (Å²) in [5.74, 6) is 0.231. The van der Waals surface area contributed by atoms with Crippen LogP contribution in [0.5, 0.6) is 0 Å². The zero-order valence-corrected chi connectivity index (χ0v) is 18.6. The predicted molar refractivity (Wildman–Crippen MR) is 119 cm³/mol. The van der Waals surface area contributed by atoms with Crippen molar-refractivity contribution in [2.24, 2.45) is 5.92 Å². The Balaban J connectivity index is 1.64. The number of carbonyl (C=O) groups is 1. The Morgan fingerprint density at radius 2 is 2.03 bits per heavy atom. The van der Waals surface area contributed by atoms with Crippen LogP contribution in [0.25, 0.3) is 11.1 Å². The lowest BCUT2D eigenvalue weighted by Gasteiger charge is -2.19. The van der Waals surface area contributed by atoms with Crippen molar-refractivity contribution in [3.63, 3.8) is 0 Å². The van der Waals surface area contributed by atoms with Gasteiger partial charge in [0.2, 0.25) is 5.95 Å². The first-order chi connectivity index (χ1) is 15.6. The Morgan fingerprint density at radius 1 is 1.24 bits per heavy atom. The Bertz CT molecular complexity index is 1210. The van der Waals surface area contributed by atoms with Crippen molar-refractivity contribution in [3.8, 4) is 0 Å². The maximum Gasteiger partial charge on any atom is 0.408 e. The van der Waals surface area contributed by atoms with E-state index in [1.54, 1.807) is 18.5 Å². The van der Waals surface area contributed by atoms with Gasteiger partial charge in [0.15, 0.2) is 0 Å². The highest BCUT2D eigenvalue weighted by atomic mass is 19.4. The molecule has 7 nitrogen and oxygen atoms in total. The van der Waals surface area contributed by atoms with E-state index in [1.165, 1.54) is 10.7 Å². The van der Waals surface area contributed by atoms with Crippen molar-refractivity contribution in [1.29, 1.82) is 0 Å². The largest absolute Gasteiger partial charge is 0.408 e. The number of aryl methyl sites for hydroxylation is 1. The SMILES string of the molecule is CC(C)CNc1ncc2c(n1)CCC=C2c1ccn2ncc(C(=O)N[C@H](C)C(F)(F)F)c2c1. The smallest absolute Gasteiger partial charge is 0.354 e. The van der Waals surface area contributed by atoms with E-state index in [4.69, 9.17) is 0 Å². The Morgan fingerprint density at radius 3 is 2.76 bits per heavy atom. The van der Waals surface area contributed by atoms with E-state index in [9.17, 15) is 18.0 Å². The van der Waals surface area contributed by atoms with E-state index in [2.05, 4.69) is 40.3 Å². The van der Waals surface area contributed by atoms with Gasteiger partial charge in [-0.1, -0.05) is 19.9 Å². The van der Waals surface area contributed by atoms with Crippen LogP contribution >= 0.6 is 0 Å². The van der Waals surface area contributed by atoms with Gasteiger partial charge in [-0.15, -0.1) is 0 Å². The molecule has 33 heavy (non-hydrogen) atoms. The van der Waals surface area contributed by atoms with Gasteiger partial charge in [-0.3, -0.25) is 4.79 Å². The number of alkyl halides is 3. The summed E-state index contributed by atoms with van der Waals surface area (Å²) in [4.78, 5) is 21.6. The van der Waals surface area contributed by atoms with Crippen LogP contribution in [0.15, 0.2) is 36.8 Å². The van der Waals surface area contributed by atoms with Crippen molar-refractivity contribution < 1.29 is 18.0 Å². The van der Waals surface area contributed by atoms with Crippen LogP contribution in [0.2, 0.25) is 0 Å². The van der Waals surface area contributed by atoms with Gasteiger partial charge < -0.3 is 10.6 Å². The maximum absolute atomic E-state index is 12.9. The summed E-state index contributed by atoms with van der Waals surface area (Å²) < 4.78 is 40.1. The van der Waals surface area contributed by atoms with Crippen molar-refractivity contribution in [2.45, 2.75) is 45.8 Å². The topological polar surface area (TPSA) is 84.2 Å². The molecule has 1 aliphatic rings. The number of aromatic nitrogens is 4. The lowest BCUT2D eigenvalue weighted by molar-refractivity contribution is -0.149. The van der Waals surface area contributed by atoms with Gasteiger partial charge in [0.05, 0.1) is 23.0 Å². The average Bonchev–Trinajstić information content (AvgIpc) is 3.19. The Labute approximate surface area is 189 Å². The molecular weight excluding hydrogens is 433 g/mol. The van der Waals surface area contributed by atoms with E-state index in [-0.39, 0.29) is 5.56 Å². The summed E-state index contributed by atoms with van der Waals surface area (Å²) in [6.45, 7) is 5.90. The monoisotopic (exact) mass is 458 g/mol. The van der Waals surface area contributed by atoms with Crippen LogP contribution in [0.3, 0.4) is 0 Å². The number of allylic oxidation sites excluding steroid dienone is 1. The van der Waals surface area contributed by atoms with Crippen molar-refractivity contribution in [1.82, 2.24) is 24.9 Å². The van der Waals surface area contributed by atoms with Gasteiger partial charge in [0, 0.05) is 24.5 Å². The molecular formula is C23H25F3N6O. The number of carbonyl (C=O) groups excluding carboxylic acids is 1. The summed E-state index contributed by atoms with van der Waals surface area (Å²) in [7, 11) is 0. The molecule has 0 bridgehead atoms. The predicted octanol–water partition coefficient (Wildman–Crippen LogP) is 4.25. The molecule has 0 spiro atoms. The summed E-state index contributed by atoms with van der Waals surface area (Å²) in [5.41, 5.74) is 4.06. The second-order valence-corrected chi connectivity index (χ2v) is 8.53. The second-order valence-electron chi connectivity index (χ2n) is 8.53. The van der Waals surface area contributed by atoms with Crippen molar-refractivity contribution in [3.05, 3.63) is 59.2 Å². The molecule has 0 unspecified atom stereocenters. The van der Waals surface area contributed by atoms with Gasteiger partial charge in [-0.2, -0.15) is 18.3 Å². The third-order valence-electron chi connectivity index (χ3n) is 5.47. The van der Waals surface area contributed by atoms with Crippen molar-refractivity contribution in [2.75, 3.05) is 11.9 Å². The van der Waals surface area contributed by atoms with Gasteiger partial charge in [-0.25, -0.2) is 14.5 Å². The summed E-state index contributed by atoms with van der Waals surface area (Å²) >= 11 is 0. The zero-order chi connectivity index (χ0) is 23.8. The Hall–Kier alpha value is -3.43. The summed E-state index contributed by atoms with van der Waals surface area (Å²) in [6, 6.07) is 1.64. The number of halogens is 3. The number of pyridine rings is 1. The molecule has 3 aromatic rings. The van der Waals surface area contributed by atoms with E-state index in [1.807, 2.05) is 11.4 Å². The van der Waals surface area contributed by atoms with Crippen LogP contribution in [0, 0.1) is 5.92 Å². The standard InChI is InChI=1S/C23H25F3N6O/c1-13(2)10-27-22-28-11-17-16(5-4-6-19(17)31-22)15-7-8-32-20(9-15)18(12-29-32)21(33)30-14(3)23(24,25)26/h5,7-9,11-14H,4,6,10H2,1-3H3,(H,30,33)(H,27,28,31)/t14-/m1/s1. The first kappa shape index (κ1) is 22.8. The van der Waals surface area contributed by atoms with E-state index in [0.717, 1.165) is 48.7 Å². The molecule has 4 rings (SSSR count). The third-order valence-corrected chi connectivity index (χ3v) is 5.47. The van der Waals surface area contributed by atoms with Crippen LogP contribution in [-0.4, -0.2) is 44.3 Å². The van der Waals surface area contributed by atoms with Crippen LogP contribution in [0.4, 0.5) is 19.1 Å². The molecule has 1 aliphatic carbocycles. The third kappa shape index (κ3) is 4.84. The van der Waals surface area contributed by atoms with Gasteiger partial charge in [0.1, 0.15) is 6.04 Å². The second kappa shape index (κ2) is 8.84. The molecule has 1 amide bonds. The molecule has 0 saturated carbocycles. The van der Waals surface area contributed by atoms with Crippen LogP contribution < -0.4 is 10.6 Å². The minimum Gasteiger partial charge on any atom is -0.354 e. The highest BCUT2D eigenvalue weighted by Gasteiger charge is 2.37. The summed E-state index contributed by atoms with van der Waals surface area (Å²) in [5, 5.41) is 9.34. The number of hydrogen-bond donors (Lipinski definition) is 2. The normalized spacial score (nSPS) is 14.7. The molecule has 2 N–H and O–H groups in total. The molecule has 3 aromatic heterocycles. The number of nitrogens with zero attached hydrogens (tertiary/aromatic N) is 4. The molecule has 0 radical (unpaired) electrons. The Kier molecular flexibility index (Phi) is 6.09. The molecule has 0 aromatic carbocycles. The molecule has 0 saturated heterocycles. The quantitative estimate of drug-likeness (QED) is 0.577. The van der Waals surface area contributed by atoms with Crippen LogP contribution in [-0.2, 0) is 6.42 Å². The van der Waals surface area contributed by atoms with Gasteiger partial charge in [0.25, 0.3) is 5.91 Å². The number of anilines is 1. The first-order valence-electron chi connectivity index (χ1n) is 10.8. The molecule has 1 atom stereocenters. The highest BCUT2D eigenvalue weighted by molar-refractivity contribution is 6.01. The fraction of sp³-hybridized carbons (Fsp3) is 0.391. The number of amides is 1. The summed E-state index contributed by atoms with van der Waals surface area (Å²) in [6.07, 6.45) is 3.89. The van der Waals surface area contributed by atoms with E-state index in [0.29, 0.717) is 17.4 Å². The zero-order valence-electron chi connectivity index (χ0n) is 18.6. The number of fused-ring (bicyclic) bond motifs is 2.